The van der Waals surface area contributed by atoms with E-state index in [1.807, 2.05) is 9.80 Å². The average molecular weight is 571 g/mol. The molecule has 0 aliphatic carbocycles. The van der Waals surface area contributed by atoms with Crippen molar-refractivity contribution in [2.24, 2.45) is 0 Å². The Morgan fingerprint density at radius 3 is 2.45 bits per heavy atom. The van der Waals surface area contributed by atoms with Gasteiger partial charge in [-0.3, -0.25) is 9.59 Å². The van der Waals surface area contributed by atoms with Crippen LogP contribution in [-0.4, -0.2) is 86.3 Å². The molecule has 2 aromatic carbocycles. The zero-order chi connectivity index (χ0) is 27.4. The Hall–Kier alpha value is -2.66. The summed E-state index contributed by atoms with van der Waals surface area (Å²) in [6.07, 6.45) is -1.97. The Kier molecular flexibility index (Phi) is 9.30. The van der Waals surface area contributed by atoms with E-state index < -0.39 is 25.0 Å². The van der Waals surface area contributed by atoms with Crippen molar-refractivity contribution in [2.75, 3.05) is 44.7 Å². The molecular formula is C26H30Cl2F2N4O4. The monoisotopic (exact) mass is 570 g/mol. The molecule has 0 saturated carbocycles. The molecule has 2 saturated heterocycles. The minimum Gasteiger partial charge on any atom is -0.486 e. The zero-order valence-corrected chi connectivity index (χ0v) is 22.3. The van der Waals surface area contributed by atoms with Crippen LogP contribution >= 0.6 is 23.2 Å². The van der Waals surface area contributed by atoms with Crippen molar-refractivity contribution in [1.29, 1.82) is 0 Å². The fraction of sp³-hybridized carbons (Fsp3) is 0.462. The van der Waals surface area contributed by atoms with Gasteiger partial charge in [0.25, 0.3) is 18.2 Å². The number of rotatable bonds is 8. The van der Waals surface area contributed by atoms with Gasteiger partial charge in [-0.2, -0.15) is 0 Å². The first-order chi connectivity index (χ1) is 18.2. The lowest BCUT2D eigenvalue weighted by atomic mass is 10.0. The van der Waals surface area contributed by atoms with Crippen LogP contribution in [0.5, 0.6) is 5.75 Å². The van der Waals surface area contributed by atoms with E-state index >= 15 is 0 Å². The summed E-state index contributed by atoms with van der Waals surface area (Å²) >= 11 is 12.1. The summed E-state index contributed by atoms with van der Waals surface area (Å²) in [5.41, 5.74) is 1.28. The number of nitrogens with zero attached hydrogens (tertiary/aromatic N) is 2. The second kappa shape index (κ2) is 12.5. The summed E-state index contributed by atoms with van der Waals surface area (Å²) in [4.78, 5) is 28.9. The molecule has 0 bridgehead atoms. The number of hydrogen-bond donors (Lipinski definition) is 3. The lowest BCUT2D eigenvalue weighted by Gasteiger charge is -2.34. The molecule has 0 spiro atoms. The summed E-state index contributed by atoms with van der Waals surface area (Å²) in [5.74, 6) is -0.397. The van der Waals surface area contributed by atoms with Crippen LogP contribution in [0.2, 0.25) is 10.0 Å². The number of aliphatic hydroxyl groups excluding tert-OH is 1. The first-order valence-corrected chi connectivity index (χ1v) is 13.1. The second-order valence-electron chi connectivity index (χ2n) is 9.40. The second-order valence-corrected chi connectivity index (χ2v) is 10.2. The molecule has 2 aromatic rings. The van der Waals surface area contributed by atoms with E-state index in [4.69, 9.17) is 27.9 Å². The topological polar surface area (TPSA) is 94.1 Å². The quantitative estimate of drug-likeness (QED) is 0.450. The number of likely N-dealkylation sites (tertiary alicyclic amines) is 1. The van der Waals surface area contributed by atoms with Crippen molar-refractivity contribution in [3.05, 3.63) is 57.6 Å². The number of alkyl halides is 2. The molecular weight excluding hydrogens is 541 g/mol. The Morgan fingerprint density at radius 1 is 1.13 bits per heavy atom. The highest BCUT2D eigenvalue weighted by molar-refractivity contribution is 6.32. The Balaban J connectivity index is 1.40. The van der Waals surface area contributed by atoms with Gasteiger partial charge >= 0.3 is 0 Å². The van der Waals surface area contributed by atoms with Gasteiger partial charge in [0.05, 0.1) is 28.4 Å². The van der Waals surface area contributed by atoms with Gasteiger partial charge < -0.3 is 30.3 Å². The lowest BCUT2D eigenvalue weighted by molar-refractivity contribution is 0.0691. The summed E-state index contributed by atoms with van der Waals surface area (Å²) in [5, 5.41) is 17.5. The molecule has 2 fully saturated rings. The molecule has 12 heteroatoms. The minimum atomic E-state index is -2.68. The largest absolute Gasteiger partial charge is 0.486 e. The van der Waals surface area contributed by atoms with Crippen LogP contribution in [-0.2, 0) is 0 Å². The Labute approximate surface area is 229 Å². The van der Waals surface area contributed by atoms with Crippen LogP contribution in [0.25, 0.3) is 0 Å². The molecule has 0 aromatic heterocycles. The van der Waals surface area contributed by atoms with Crippen molar-refractivity contribution < 1.29 is 28.2 Å². The predicted molar refractivity (Wildman–Crippen MR) is 142 cm³/mol. The van der Waals surface area contributed by atoms with Crippen molar-refractivity contribution in [1.82, 2.24) is 15.5 Å². The molecule has 0 radical (unpaired) electrons. The molecule has 1 unspecified atom stereocenters. The number of piperidine rings is 1. The number of β-amino-alcohol motifs (C(OH)–C–C–N with tert-alkyl or cyclic N) is 1. The highest BCUT2D eigenvalue weighted by atomic mass is 35.5. The number of anilines is 1. The van der Waals surface area contributed by atoms with Gasteiger partial charge in [0.15, 0.2) is 0 Å². The van der Waals surface area contributed by atoms with Crippen LogP contribution in [0.4, 0.5) is 14.5 Å². The summed E-state index contributed by atoms with van der Waals surface area (Å²) in [7, 11) is 1.48. The van der Waals surface area contributed by atoms with E-state index in [1.54, 1.807) is 24.3 Å². The first-order valence-electron chi connectivity index (χ1n) is 12.4. The normalized spacial score (nSPS) is 20.2. The van der Waals surface area contributed by atoms with E-state index in [-0.39, 0.29) is 40.9 Å². The minimum absolute atomic E-state index is 0.0400. The van der Waals surface area contributed by atoms with Gasteiger partial charge in [-0.25, -0.2) is 8.78 Å². The maximum atomic E-state index is 12.8. The van der Waals surface area contributed by atoms with Crippen molar-refractivity contribution in [3.8, 4) is 5.75 Å². The van der Waals surface area contributed by atoms with Crippen molar-refractivity contribution in [3.63, 3.8) is 0 Å². The van der Waals surface area contributed by atoms with Gasteiger partial charge in [-0.05, 0) is 43.2 Å². The number of hydrogen-bond acceptors (Lipinski definition) is 6. The third-order valence-corrected chi connectivity index (χ3v) is 7.39. The van der Waals surface area contributed by atoms with E-state index in [9.17, 15) is 23.5 Å². The van der Waals surface area contributed by atoms with E-state index in [0.717, 1.165) is 12.8 Å². The number of carbonyl (C=O) groups excluding carboxylic acids is 2. The number of amides is 2. The predicted octanol–water partition coefficient (Wildman–Crippen LogP) is 3.44. The van der Waals surface area contributed by atoms with Crippen molar-refractivity contribution in [2.45, 2.75) is 37.5 Å². The smallest absolute Gasteiger partial charge is 0.272 e. The van der Waals surface area contributed by atoms with E-state index in [0.29, 0.717) is 35.9 Å². The van der Waals surface area contributed by atoms with Crippen LogP contribution in [0.15, 0.2) is 36.4 Å². The fourth-order valence-electron chi connectivity index (χ4n) is 4.86. The number of ether oxygens (including phenoxy) is 1. The first kappa shape index (κ1) is 28.4. The lowest BCUT2D eigenvalue weighted by Crippen LogP contribution is -2.50. The fourth-order valence-corrected chi connectivity index (χ4v) is 5.20. The maximum absolute atomic E-state index is 12.8. The van der Waals surface area contributed by atoms with Crippen molar-refractivity contribution >= 4 is 40.7 Å². The maximum Gasteiger partial charge on any atom is 0.272 e. The molecule has 2 amide bonds. The number of halogens is 4. The molecule has 2 aliphatic heterocycles. The third kappa shape index (κ3) is 6.66. The Bertz CT molecular complexity index is 1150. The van der Waals surface area contributed by atoms with Crippen LogP contribution in [0, 0.1) is 0 Å². The standard InChI is InChI=1S/C26H30Cl2F2N4O4/c1-31-25(36)18-10-19(28)23(38-14-24(29)30)11-21(18)34-12-20(22(35)13-34)32-17-6-8-33(9-7-17)26(37)15-2-4-16(27)5-3-15/h2-5,10-11,17,20,22,24,32,35H,6-9,12-14H2,1H3,(H,31,36)/t20?,22-/m1/s1. The highest BCUT2D eigenvalue weighted by Gasteiger charge is 2.36. The highest BCUT2D eigenvalue weighted by Crippen LogP contribution is 2.35. The molecule has 3 N–H and O–H groups in total. The summed E-state index contributed by atoms with van der Waals surface area (Å²) in [6, 6.07) is 9.47. The molecule has 4 rings (SSSR count). The Morgan fingerprint density at radius 2 is 1.82 bits per heavy atom. The van der Waals surface area contributed by atoms with Gasteiger partial charge in [-0.1, -0.05) is 23.2 Å². The zero-order valence-electron chi connectivity index (χ0n) is 20.8. The molecule has 206 valence electrons. The van der Waals surface area contributed by atoms with E-state index in [2.05, 4.69) is 10.6 Å². The number of aliphatic hydroxyl groups is 1. The van der Waals surface area contributed by atoms with Crippen LogP contribution < -0.4 is 20.3 Å². The number of carbonyl (C=O) groups is 2. The molecule has 38 heavy (non-hydrogen) atoms. The molecule has 8 nitrogen and oxygen atoms in total. The average Bonchev–Trinajstić information content (AvgIpc) is 3.27. The number of nitrogens with one attached hydrogen (secondary N) is 2. The van der Waals surface area contributed by atoms with Crippen LogP contribution in [0.1, 0.15) is 33.6 Å². The van der Waals surface area contributed by atoms with Gasteiger partial charge in [0, 0.05) is 55.9 Å². The number of benzene rings is 2. The summed E-state index contributed by atoms with van der Waals surface area (Å²) in [6.45, 7) is 0.934. The van der Waals surface area contributed by atoms with Gasteiger partial charge in [0.1, 0.15) is 12.4 Å². The van der Waals surface area contributed by atoms with Gasteiger partial charge in [-0.15, -0.1) is 0 Å². The summed E-state index contributed by atoms with van der Waals surface area (Å²) < 4.78 is 30.6. The molecule has 2 atom stereocenters. The molecule has 2 heterocycles. The van der Waals surface area contributed by atoms with Crippen LogP contribution in [0.3, 0.4) is 0 Å². The van der Waals surface area contributed by atoms with E-state index in [1.165, 1.54) is 19.2 Å². The molecule has 2 aliphatic rings. The SMILES string of the molecule is CNC(=O)c1cc(Cl)c(OCC(F)F)cc1N1CC(NC2CCN(C(=O)c3ccc(Cl)cc3)CC2)[C@H](O)C1. The third-order valence-electron chi connectivity index (χ3n) is 6.84. The van der Waals surface area contributed by atoms with Gasteiger partial charge in [0.2, 0.25) is 0 Å².